The Balaban J connectivity index is 0.000000500. The van der Waals surface area contributed by atoms with Crippen LogP contribution in [0.3, 0.4) is 0 Å². The normalized spacial score (nSPS) is 39.3. The average molecular weight is 162 g/mol. The van der Waals surface area contributed by atoms with Gasteiger partial charge in [0.2, 0.25) is 0 Å². The Hall–Kier alpha value is 0.250. The minimum atomic E-state index is 0. The summed E-state index contributed by atoms with van der Waals surface area (Å²) in [4.78, 5) is 0. The summed E-state index contributed by atoms with van der Waals surface area (Å²) < 4.78 is 0. The van der Waals surface area contributed by atoms with Crippen LogP contribution in [0.1, 0.15) is 32.6 Å². The summed E-state index contributed by atoms with van der Waals surface area (Å²) in [5, 5.41) is 3.62. The molecule has 2 rings (SSSR count). The van der Waals surface area contributed by atoms with Crippen molar-refractivity contribution in [3.05, 3.63) is 0 Å². The molecule has 2 heteroatoms. The zero-order valence-electron chi connectivity index (χ0n) is 6.47. The largest absolute Gasteiger partial charge is 0.311 e. The van der Waals surface area contributed by atoms with Gasteiger partial charge in [-0.2, -0.15) is 0 Å². The molecule has 60 valence electrons. The van der Waals surface area contributed by atoms with E-state index in [1.165, 1.54) is 25.7 Å². The van der Waals surface area contributed by atoms with Crippen molar-refractivity contribution < 1.29 is 0 Å². The number of hydrogen-bond donors (Lipinski definition) is 1. The van der Waals surface area contributed by atoms with Gasteiger partial charge in [0.25, 0.3) is 0 Å². The van der Waals surface area contributed by atoms with Gasteiger partial charge in [0, 0.05) is 12.1 Å². The molecular weight excluding hydrogens is 146 g/mol. The smallest absolute Gasteiger partial charge is 0.00983 e. The highest BCUT2D eigenvalue weighted by Crippen LogP contribution is 2.36. The number of nitrogens with one attached hydrogen (secondary N) is 1. The highest BCUT2D eigenvalue weighted by Gasteiger charge is 2.34. The van der Waals surface area contributed by atoms with Crippen molar-refractivity contribution in [3.63, 3.8) is 0 Å². The molecule has 2 fully saturated rings. The van der Waals surface area contributed by atoms with E-state index >= 15 is 0 Å². The molecule has 0 radical (unpaired) electrons. The van der Waals surface area contributed by atoms with Crippen LogP contribution in [-0.4, -0.2) is 12.1 Å². The summed E-state index contributed by atoms with van der Waals surface area (Å²) in [6.07, 6.45) is 5.82. The Kier molecular flexibility index (Phi) is 2.59. The van der Waals surface area contributed by atoms with E-state index in [1.54, 1.807) is 0 Å². The molecule has 0 unspecified atom stereocenters. The molecule has 0 bridgehead atoms. The molecule has 1 nitrogen and oxygen atoms in total. The van der Waals surface area contributed by atoms with Crippen LogP contribution in [0.25, 0.3) is 0 Å². The van der Waals surface area contributed by atoms with Gasteiger partial charge < -0.3 is 5.32 Å². The fourth-order valence-electron chi connectivity index (χ4n) is 1.83. The molecule has 2 aliphatic rings. The Bertz CT molecular complexity index is 112. The van der Waals surface area contributed by atoms with E-state index in [0.29, 0.717) is 0 Å². The molecule has 2 atom stereocenters. The molecule has 1 N–H and O–H groups in total. The van der Waals surface area contributed by atoms with Crippen LogP contribution in [0.4, 0.5) is 0 Å². The summed E-state index contributed by atoms with van der Waals surface area (Å²) in [6, 6.07) is 1.70. The fraction of sp³-hybridized carbons (Fsp3) is 1.00. The maximum absolute atomic E-state index is 3.62. The van der Waals surface area contributed by atoms with E-state index in [9.17, 15) is 0 Å². The van der Waals surface area contributed by atoms with E-state index in [2.05, 4.69) is 12.2 Å². The zero-order chi connectivity index (χ0) is 6.27. The Morgan fingerprint density at radius 1 is 1.10 bits per heavy atom. The van der Waals surface area contributed by atoms with Gasteiger partial charge in [0.15, 0.2) is 0 Å². The topological polar surface area (TPSA) is 12.0 Å². The Morgan fingerprint density at radius 2 is 1.80 bits per heavy atom. The second-order valence-corrected chi connectivity index (χ2v) is 3.59. The van der Waals surface area contributed by atoms with Gasteiger partial charge in [-0.15, -0.1) is 12.4 Å². The molecule has 1 saturated carbocycles. The third-order valence-electron chi connectivity index (χ3n) is 2.60. The third-order valence-corrected chi connectivity index (χ3v) is 2.60. The number of rotatable bonds is 1. The summed E-state index contributed by atoms with van der Waals surface area (Å²) in [6.45, 7) is 2.29. The number of halogens is 1. The molecule has 0 spiro atoms. The molecule has 1 saturated heterocycles. The van der Waals surface area contributed by atoms with Gasteiger partial charge in [-0.25, -0.2) is 0 Å². The van der Waals surface area contributed by atoms with Crippen LogP contribution < -0.4 is 5.32 Å². The lowest BCUT2D eigenvalue weighted by Gasteiger charge is -2.08. The SMILES string of the molecule is C[C@H]1CC[C@@H](C2CC2)N1.Cl. The van der Waals surface area contributed by atoms with E-state index in [1.807, 2.05) is 0 Å². The first-order valence-electron chi connectivity index (χ1n) is 4.12. The van der Waals surface area contributed by atoms with E-state index in [4.69, 9.17) is 0 Å². The van der Waals surface area contributed by atoms with Crippen LogP contribution in [-0.2, 0) is 0 Å². The molecule has 0 amide bonds. The van der Waals surface area contributed by atoms with Crippen molar-refractivity contribution in [2.75, 3.05) is 0 Å². The highest BCUT2D eigenvalue weighted by molar-refractivity contribution is 5.85. The third kappa shape index (κ3) is 1.64. The van der Waals surface area contributed by atoms with Crippen LogP contribution in [0.15, 0.2) is 0 Å². The zero-order valence-corrected chi connectivity index (χ0v) is 7.29. The summed E-state index contributed by atoms with van der Waals surface area (Å²) in [5.41, 5.74) is 0. The predicted octanol–water partition coefficient (Wildman–Crippen LogP) is 1.96. The van der Waals surface area contributed by atoms with Crippen molar-refractivity contribution in [2.45, 2.75) is 44.7 Å². The van der Waals surface area contributed by atoms with E-state index < -0.39 is 0 Å². The predicted molar refractivity (Wildman–Crippen MR) is 45.6 cm³/mol. The summed E-state index contributed by atoms with van der Waals surface area (Å²) in [7, 11) is 0. The first-order valence-corrected chi connectivity index (χ1v) is 4.12. The summed E-state index contributed by atoms with van der Waals surface area (Å²) >= 11 is 0. The monoisotopic (exact) mass is 161 g/mol. The molecule has 10 heavy (non-hydrogen) atoms. The first kappa shape index (κ1) is 8.35. The quantitative estimate of drug-likeness (QED) is 0.620. The van der Waals surface area contributed by atoms with Crippen molar-refractivity contribution in [1.29, 1.82) is 0 Å². The Labute approximate surface area is 69.0 Å². The fourth-order valence-corrected chi connectivity index (χ4v) is 1.83. The maximum atomic E-state index is 3.62. The van der Waals surface area contributed by atoms with Crippen LogP contribution >= 0.6 is 12.4 Å². The van der Waals surface area contributed by atoms with Gasteiger partial charge in [-0.3, -0.25) is 0 Å². The maximum Gasteiger partial charge on any atom is 0.00983 e. The molecule has 1 aliphatic heterocycles. The minimum absolute atomic E-state index is 0. The molecule has 0 aromatic heterocycles. The highest BCUT2D eigenvalue weighted by atomic mass is 35.5. The van der Waals surface area contributed by atoms with Crippen molar-refractivity contribution in [2.24, 2.45) is 5.92 Å². The van der Waals surface area contributed by atoms with Gasteiger partial charge in [0.1, 0.15) is 0 Å². The molecular formula is C8H16ClN. The van der Waals surface area contributed by atoms with Crippen LogP contribution in [0.2, 0.25) is 0 Å². The Morgan fingerprint density at radius 3 is 2.20 bits per heavy atom. The number of hydrogen-bond acceptors (Lipinski definition) is 1. The second kappa shape index (κ2) is 3.10. The van der Waals surface area contributed by atoms with Crippen LogP contribution in [0.5, 0.6) is 0 Å². The van der Waals surface area contributed by atoms with Gasteiger partial charge >= 0.3 is 0 Å². The lowest BCUT2D eigenvalue weighted by atomic mass is 10.1. The van der Waals surface area contributed by atoms with E-state index in [-0.39, 0.29) is 12.4 Å². The lowest BCUT2D eigenvalue weighted by molar-refractivity contribution is 0.510. The van der Waals surface area contributed by atoms with Gasteiger partial charge in [0.05, 0.1) is 0 Å². The molecule has 0 aromatic carbocycles. The first-order chi connectivity index (χ1) is 4.36. The second-order valence-electron chi connectivity index (χ2n) is 3.59. The molecule has 0 aromatic rings. The minimum Gasteiger partial charge on any atom is -0.311 e. The van der Waals surface area contributed by atoms with Crippen molar-refractivity contribution >= 4 is 12.4 Å². The standard InChI is InChI=1S/C8H15N.ClH/c1-6-2-5-8(9-6)7-3-4-7;/h6-9H,2-5H2,1H3;1H/t6-,8-;/m0./s1. The van der Waals surface area contributed by atoms with Gasteiger partial charge in [-0.05, 0) is 38.5 Å². The van der Waals surface area contributed by atoms with Crippen LogP contribution in [0, 0.1) is 5.92 Å². The summed E-state index contributed by atoms with van der Waals surface area (Å²) in [5.74, 6) is 1.06. The van der Waals surface area contributed by atoms with Gasteiger partial charge in [-0.1, -0.05) is 0 Å². The van der Waals surface area contributed by atoms with E-state index in [0.717, 1.165) is 18.0 Å². The molecule has 1 heterocycles. The van der Waals surface area contributed by atoms with Crippen molar-refractivity contribution in [3.8, 4) is 0 Å². The van der Waals surface area contributed by atoms with Crippen molar-refractivity contribution in [1.82, 2.24) is 5.32 Å². The average Bonchev–Trinajstić information content (AvgIpc) is 2.58. The molecule has 1 aliphatic carbocycles. The lowest BCUT2D eigenvalue weighted by Crippen LogP contribution is -2.28.